The van der Waals surface area contributed by atoms with Crippen LogP contribution in [0.5, 0.6) is 28.7 Å². The second kappa shape index (κ2) is 10.9. The zero-order valence-corrected chi connectivity index (χ0v) is 25.3. The average Bonchev–Trinajstić information content (AvgIpc) is 3.46. The van der Waals surface area contributed by atoms with E-state index in [0.29, 0.717) is 42.4 Å². The zero-order valence-electron chi connectivity index (χ0n) is 25.3. The molecular weight excluding hydrogens is 550 g/mol. The minimum atomic E-state index is -0.702. The molecule has 11 heteroatoms. The number of carbonyl (C=O) groups excluding carboxylic acids is 1. The largest absolute Gasteiger partial charge is 0.504 e. The Hall–Kier alpha value is -3.98. The van der Waals surface area contributed by atoms with E-state index in [1.165, 1.54) is 0 Å². The maximum absolute atomic E-state index is 12.8. The number of rotatable bonds is 7. The minimum Gasteiger partial charge on any atom is -0.504 e. The Kier molecular flexibility index (Phi) is 7.40. The molecule has 0 aliphatic carbocycles. The number of hydrogen-bond donors (Lipinski definition) is 3. The van der Waals surface area contributed by atoms with Crippen LogP contribution in [-0.4, -0.2) is 79.1 Å². The number of piperazine rings is 1. The lowest BCUT2D eigenvalue weighted by Gasteiger charge is -2.60. The molecule has 2 bridgehead atoms. The Morgan fingerprint density at radius 2 is 2.02 bits per heavy atom. The smallest absolute Gasteiger partial charge is 0.236 e. The molecule has 4 N–H and O–H groups in total. The molecule has 0 aromatic heterocycles. The lowest BCUT2D eigenvalue weighted by Crippen LogP contribution is -2.68. The summed E-state index contributed by atoms with van der Waals surface area (Å²) in [4.78, 5) is 17.2. The number of nitrogens with one attached hydrogen (secondary N) is 1. The summed E-state index contributed by atoms with van der Waals surface area (Å²) in [5.74, 6) is 2.18. The molecule has 2 aromatic carbocycles. The van der Waals surface area contributed by atoms with E-state index in [0.717, 1.165) is 33.4 Å². The van der Waals surface area contributed by atoms with Crippen LogP contribution in [0.3, 0.4) is 0 Å². The van der Waals surface area contributed by atoms with Crippen molar-refractivity contribution < 1.29 is 28.8 Å². The van der Waals surface area contributed by atoms with Gasteiger partial charge in [-0.15, -0.1) is 0 Å². The van der Waals surface area contributed by atoms with Crippen molar-refractivity contribution in [3.05, 3.63) is 52.1 Å². The van der Waals surface area contributed by atoms with Crippen LogP contribution >= 0.6 is 0 Å². The molecule has 0 spiro atoms. The SMILES string of the molecule is C=CCOc1c(C)c2c(c3c1CC1[C@@H]4c5c(cc(C)c(OC)c5O)C[C@@H]([C@H](C#N)N1[C@H]3CNC(=O)[C@H](C)N)N4C)OCO2. The molecule has 228 valence electrons. The van der Waals surface area contributed by atoms with Crippen molar-refractivity contribution in [2.45, 2.75) is 69.9 Å². The normalized spacial score (nSPS) is 25.9. The van der Waals surface area contributed by atoms with Crippen molar-refractivity contribution in [1.82, 2.24) is 15.1 Å². The Bertz CT molecular complexity index is 1530. The van der Waals surface area contributed by atoms with Crippen LogP contribution in [0.2, 0.25) is 0 Å². The highest BCUT2D eigenvalue weighted by molar-refractivity contribution is 5.81. The molecule has 1 amide bonds. The summed E-state index contributed by atoms with van der Waals surface area (Å²) >= 11 is 0. The highest BCUT2D eigenvalue weighted by atomic mass is 16.7. The number of carbonyl (C=O) groups is 1. The van der Waals surface area contributed by atoms with Crippen LogP contribution < -0.4 is 30.0 Å². The third-order valence-corrected chi connectivity index (χ3v) is 9.49. The third-order valence-electron chi connectivity index (χ3n) is 9.49. The van der Waals surface area contributed by atoms with E-state index in [1.807, 2.05) is 20.9 Å². The summed E-state index contributed by atoms with van der Waals surface area (Å²) < 4.78 is 24.0. The lowest BCUT2D eigenvalue weighted by molar-refractivity contribution is -0.123. The Balaban J connectivity index is 1.60. The monoisotopic (exact) mass is 589 g/mol. The number of aryl methyl sites for hydroxylation is 1. The predicted molar refractivity (Wildman–Crippen MR) is 159 cm³/mol. The lowest BCUT2D eigenvalue weighted by atomic mass is 9.71. The van der Waals surface area contributed by atoms with Gasteiger partial charge in [0.05, 0.1) is 31.3 Å². The molecule has 6 atom stereocenters. The van der Waals surface area contributed by atoms with Gasteiger partial charge in [0, 0.05) is 40.9 Å². The Labute approximate surface area is 251 Å². The Morgan fingerprint density at radius 1 is 1.28 bits per heavy atom. The second-order valence-corrected chi connectivity index (χ2v) is 11.9. The summed E-state index contributed by atoms with van der Waals surface area (Å²) in [6.07, 6.45) is 2.78. The van der Waals surface area contributed by atoms with Gasteiger partial charge < -0.3 is 35.1 Å². The number of benzene rings is 2. The van der Waals surface area contributed by atoms with Gasteiger partial charge in [-0.2, -0.15) is 5.26 Å². The molecular formula is C32H39N5O6. The highest BCUT2D eigenvalue weighted by Crippen LogP contribution is 2.58. The van der Waals surface area contributed by atoms with E-state index in [1.54, 1.807) is 20.1 Å². The van der Waals surface area contributed by atoms with Gasteiger partial charge in [0.25, 0.3) is 0 Å². The number of nitriles is 1. The molecule has 11 nitrogen and oxygen atoms in total. The minimum absolute atomic E-state index is 0.0614. The molecule has 0 saturated carbocycles. The van der Waals surface area contributed by atoms with Gasteiger partial charge in [-0.05, 0) is 51.8 Å². The number of phenols is 1. The van der Waals surface area contributed by atoms with E-state index in [9.17, 15) is 15.2 Å². The molecule has 1 saturated heterocycles. The fraction of sp³-hybridized carbons (Fsp3) is 0.500. The van der Waals surface area contributed by atoms with Crippen molar-refractivity contribution in [1.29, 1.82) is 5.26 Å². The maximum Gasteiger partial charge on any atom is 0.236 e. The van der Waals surface area contributed by atoms with Gasteiger partial charge in [-0.3, -0.25) is 14.6 Å². The summed E-state index contributed by atoms with van der Waals surface area (Å²) in [7, 11) is 3.58. The first-order chi connectivity index (χ1) is 20.6. The van der Waals surface area contributed by atoms with Gasteiger partial charge in [0.15, 0.2) is 23.0 Å². The summed E-state index contributed by atoms with van der Waals surface area (Å²) in [5.41, 5.74) is 11.2. The fourth-order valence-electron chi connectivity index (χ4n) is 7.73. The van der Waals surface area contributed by atoms with Gasteiger partial charge in [0.1, 0.15) is 18.4 Å². The Morgan fingerprint density at radius 3 is 2.70 bits per heavy atom. The molecule has 0 radical (unpaired) electrons. The van der Waals surface area contributed by atoms with E-state index >= 15 is 0 Å². The number of methoxy groups -OCH3 is 1. The van der Waals surface area contributed by atoms with Crippen LogP contribution in [0.25, 0.3) is 0 Å². The first-order valence-corrected chi connectivity index (χ1v) is 14.6. The number of hydrogen-bond acceptors (Lipinski definition) is 10. The van der Waals surface area contributed by atoms with Gasteiger partial charge in [-0.1, -0.05) is 18.7 Å². The third kappa shape index (κ3) is 4.31. The van der Waals surface area contributed by atoms with Crippen LogP contribution in [0, 0.1) is 25.2 Å². The number of ether oxygens (including phenoxy) is 4. The predicted octanol–water partition coefficient (Wildman–Crippen LogP) is 2.55. The maximum atomic E-state index is 12.8. The van der Waals surface area contributed by atoms with Crippen LogP contribution in [0.15, 0.2) is 18.7 Å². The van der Waals surface area contributed by atoms with Crippen molar-refractivity contribution in [3.8, 4) is 34.8 Å². The number of likely N-dealkylation sites (N-methyl/N-ethyl adjacent to an activating group) is 1. The van der Waals surface area contributed by atoms with Gasteiger partial charge in [0.2, 0.25) is 12.7 Å². The van der Waals surface area contributed by atoms with E-state index < -0.39 is 18.1 Å². The topological polar surface area (TPSA) is 143 Å². The number of nitrogens with two attached hydrogens (primary N) is 1. The quantitative estimate of drug-likeness (QED) is 0.413. The molecule has 4 heterocycles. The first kappa shape index (κ1) is 29.1. The standard InChI is InChI=1S/C32H39N5O6/c1-7-8-41-29-16(3)30-31(43-14-42-30)25-19(29)11-21-26-24-18(9-15(2)28(40-6)27(24)38)10-20(36(26)5)22(12-33)37(21)23(25)13-35-32(39)17(4)34/h7,9,17,20-23,26,38H,1,8,10-11,13-14,34H2,2-6H3,(H,35,39)/t17-,20-,21?,22-,23-,26+/m0/s1. The zero-order chi connectivity index (χ0) is 30.7. The summed E-state index contributed by atoms with van der Waals surface area (Å²) in [5, 5.41) is 25.4. The average molecular weight is 590 g/mol. The van der Waals surface area contributed by atoms with Crippen LogP contribution in [0.4, 0.5) is 0 Å². The van der Waals surface area contributed by atoms with Crippen LogP contribution in [-0.2, 0) is 17.6 Å². The van der Waals surface area contributed by atoms with Gasteiger partial charge in [-0.25, -0.2) is 0 Å². The highest BCUT2D eigenvalue weighted by Gasteiger charge is 2.56. The summed E-state index contributed by atoms with van der Waals surface area (Å²) in [6.45, 7) is 9.89. The number of phenolic OH excluding ortho intramolecular Hbond substituents is 1. The molecule has 4 aliphatic rings. The van der Waals surface area contributed by atoms with Crippen molar-refractivity contribution in [2.75, 3.05) is 34.1 Å². The molecule has 1 unspecified atom stereocenters. The first-order valence-electron chi connectivity index (χ1n) is 14.6. The molecule has 4 aliphatic heterocycles. The van der Waals surface area contributed by atoms with E-state index in [4.69, 9.17) is 24.7 Å². The van der Waals surface area contributed by atoms with Crippen LogP contribution in [0.1, 0.15) is 52.4 Å². The number of aromatic hydroxyl groups is 1. The molecule has 1 fully saturated rings. The molecule has 2 aromatic rings. The number of fused-ring (bicyclic) bond motifs is 9. The molecule has 6 rings (SSSR count). The van der Waals surface area contributed by atoms with E-state index in [-0.39, 0.29) is 43.1 Å². The van der Waals surface area contributed by atoms with Crippen molar-refractivity contribution in [2.24, 2.45) is 5.73 Å². The van der Waals surface area contributed by atoms with Crippen molar-refractivity contribution in [3.63, 3.8) is 0 Å². The van der Waals surface area contributed by atoms with Gasteiger partial charge >= 0.3 is 0 Å². The second-order valence-electron chi connectivity index (χ2n) is 11.9. The fourth-order valence-corrected chi connectivity index (χ4v) is 7.73. The van der Waals surface area contributed by atoms with Crippen molar-refractivity contribution >= 4 is 5.91 Å². The number of amides is 1. The number of nitrogens with zero attached hydrogens (tertiary/aromatic N) is 3. The summed E-state index contributed by atoms with van der Waals surface area (Å²) in [6, 6.07) is 2.30. The van der Waals surface area contributed by atoms with E-state index in [2.05, 4.69) is 33.8 Å². The molecule has 43 heavy (non-hydrogen) atoms.